The van der Waals surface area contributed by atoms with Gasteiger partial charge in [-0.1, -0.05) is 39.8 Å². The Labute approximate surface area is 202 Å². The van der Waals surface area contributed by atoms with Crippen molar-refractivity contribution >= 4 is 35.3 Å². The standard InChI is InChI=1S/C17H24N4O5.C2H5NO.2C2H6/c1-11(20-15(23)8-18-3)17(25)19-9-16(24)21-14-6-4-13(5-7-14)10-26-12(2)22;1-2(3)4;2*1-2/h4-7,11,18H,8-10H2,1-3H3,(H,19,25)(H,20,23)(H,21,24);1H3,(H2,3,4);2*1-2H3. The van der Waals surface area contributed by atoms with Gasteiger partial charge >= 0.3 is 5.97 Å². The van der Waals surface area contributed by atoms with Crippen LogP contribution in [0, 0.1) is 0 Å². The number of primary amides is 1. The number of hydrogen-bond acceptors (Lipinski definition) is 7. The van der Waals surface area contributed by atoms with Crippen LogP contribution < -0.4 is 27.0 Å². The molecule has 0 bridgehead atoms. The molecule has 11 nitrogen and oxygen atoms in total. The number of nitrogens with one attached hydrogen (secondary N) is 4. The fourth-order valence-electron chi connectivity index (χ4n) is 1.91. The zero-order valence-corrected chi connectivity index (χ0v) is 21.5. The normalized spacial score (nSPS) is 9.65. The summed E-state index contributed by atoms with van der Waals surface area (Å²) in [5, 5.41) is 10.3. The van der Waals surface area contributed by atoms with Crippen molar-refractivity contribution in [3.8, 4) is 0 Å². The molecule has 0 aliphatic carbocycles. The summed E-state index contributed by atoms with van der Waals surface area (Å²) in [4.78, 5) is 55.1. The van der Waals surface area contributed by atoms with Gasteiger partial charge in [0.15, 0.2) is 0 Å². The first-order chi connectivity index (χ1) is 16.0. The zero-order valence-electron chi connectivity index (χ0n) is 21.5. The van der Waals surface area contributed by atoms with Gasteiger partial charge in [-0.15, -0.1) is 0 Å². The first-order valence-corrected chi connectivity index (χ1v) is 11.0. The molecule has 1 aromatic carbocycles. The maximum Gasteiger partial charge on any atom is 0.302 e. The average molecular weight is 484 g/mol. The number of rotatable bonds is 9. The highest BCUT2D eigenvalue weighted by molar-refractivity contribution is 5.96. The van der Waals surface area contributed by atoms with Gasteiger partial charge in [-0.2, -0.15) is 0 Å². The van der Waals surface area contributed by atoms with Crippen LogP contribution in [0.2, 0.25) is 0 Å². The number of benzene rings is 1. The van der Waals surface area contributed by atoms with Crippen molar-refractivity contribution in [3.63, 3.8) is 0 Å². The summed E-state index contributed by atoms with van der Waals surface area (Å²) >= 11 is 0. The molecule has 0 aliphatic rings. The fraction of sp³-hybridized carbons (Fsp3) is 0.522. The first kappa shape index (κ1) is 35.1. The predicted octanol–water partition coefficient (Wildman–Crippen LogP) is 1.07. The van der Waals surface area contributed by atoms with Crippen molar-refractivity contribution in [1.29, 1.82) is 0 Å². The highest BCUT2D eigenvalue weighted by Crippen LogP contribution is 2.10. The number of ether oxygens (including phenoxy) is 1. The van der Waals surface area contributed by atoms with E-state index >= 15 is 0 Å². The summed E-state index contributed by atoms with van der Waals surface area (Å²) in [5.74, 6) is -1.87. The number of esters is 1. The van der Waals surface area contributed by atoms with Gasteiger partial charge in [-0.05, 0) is 31.7 Å². The highest BCUT2D eigenvalue weighted by atomic mass is 16.5. The van der Waals surface area contributed by atoms with E-state index in [-0.39, 0.29) is 37.5 Å². The Hall–Kier alpha value is -3.47. The van der Waals surface area contributed by atoms with Crippen molar-refractivity contribution in [2.24, 2.45) is 5.73 Å². The first-order valence-electron chi connectivity index (χ1n) is 11.0. The quantitative estimate of drug-likeness (QED) is 0.327. The summed E-state index contributed by atoms with van der Waals surface area (Å²) in [5.41, 5.74) is 5.81. The van der Waals surface area contributed by atoms with Crippen LogP contribution in [0.15, 0.2) is 24.3 Å². The fourth-order valence-corrected chi connectivity index (χ4v) is 1.91. The molecule has 194 valence electrons. The maximum absolute atomic E-state index is 11.9. The van der Waals surface area contributed by atoms with Gasteiger partial charge < -0.3 is 31.7 Å². The molecular formula is C23H41N5O6. The van der Waals surface area contributed by atoms with E-state index in [0.29, 0.717) is 5.69 Å². The number of carbonyl (C=O) groups is 5. The average Bonchev–Trinajstić information content (AvgIpc) is 2.79. The third-order valence-corrected chi connectivity index (χ3v) is 3.21. The molecule has 1 unspecified atom stereocenters. The highest BCUT2D eigenvalue weighted by Gasteiger charge is 2.15. The van der Waals surface area contributed by atoms with Crippen LogP contribution in [0.1, 0.15) is 54.0 Å². The van der Waals surface area contributed by atoms with Crippen molar-refractivity contribution < 1.29 is 28.7 Å². The van der Waals surface area contributed by atoms with Crippen molar-refractivity contribution in [1.82, 2.24) is 16.0 Å². The third-order valence-electron chi connectivity index (χ3n) is 3.21. The number of anilines is 1. The van der Waals surface area contributed by atoms with Gasteiger partial charge in [0.05, 0.1) is 13.1 Å². The van der Waals surface area contributed by atoms with Crippen LogP contribution in [-0.4, -0.2) is 55.8 Å². The van der Waals surface area contributed by atoms with E-state index in [2.05, 4.69) is 27.0 Å². The van der Waals surface area contributed by atoms with E-state index in [9.17, 15) is 24.0 Å². The molecular weight excluding hydrogens is 442 g/mol. The van der Waals surface area contributed by atoms with Crippen LogP contribution in [0.4, 0.5) is 5.69 Å². The minimum atomic E-state index is -0.746. The lowest BCUT2D eigenvalue weighted by molar-refractivity contribution is -0.142. The van der Waals surface area contributed by atoms with E-state index in [0.717, 1.165) is 5.56 Å². The summed E-state index contributed by atoms with van der Waals surface area (Å²) in [6.45, 7) is 12.2. The van der Waals surface area contributed by atoms with Crippen LogP contribution in [-0.2, 0) is 35.3 Å². The van der Waals surface area contributed by atoms with Crippen LogP contribution >= 0.6 is 0 Å². The number of hydrogen-bond donors (Lipinski definition) is 5. The van der Waals surface area contributed by atoms with Crippen molar-refractivity contribution in [2.75, 3.05) is 25.5 Å². The van der Waals surface area contributed by atoms with E-state index in [4.69, 9.17) is 4.74 Å². The Bertz CT molecular complexity index is 734. The lowest BCUT2D eigenvalue weighted by Crippen LogP contribution is -2.48. The minimum absolute atomic E-state index is 0.103. The minimum Gasteiger partial charge on any atom is -0.461 e. The van der Waals surface area contributed by atoms with Gasteiger partial charge in [-0.25, -0.2) is 0 Å². The third kappa shape index (κ3) is 21.8. The molecule has 0 fully saturated rings. The molecule has 1 rings (SSSR count). The molecule has 0 saturated heterocycles. The molecule has 0 aliphatic heterocycles. The van der Waals surface area contributed by atoms with Gasteiger partial charge in [0, 0.05) is 19.5 Å². The van der Waals surface area contributed by atoms with Crippen LogP contribution in [0.25, 0.3) is 0 Å². The molecule has 0 radical (unpaired) electrons. The molecule has 11 heteroatoms. The van der Waals surface area contributed by atoms with Gasteiger partial charge in [-0.3, -0.25) is 24.0 Å². The second-order valence-electron chi connectivity index (χ2n) is 6.17. The van der Waals surface area contributed by atoms with E-state index < -0.39 is 17.9 Å². The molecule has 0 heterocycles. The lowest BCUT2D eigenvalue weighted by atomic mass is 10.2. The molecule has 1 aromatic rings. The molecule has 0 saturated carbocycles. The second kappa shape index (κ2) is 22.7. The summed E-state index contributed by atoms with van der Waals surface area (Å²) in [6.07, 6.45) is 0. The zero-order chi connectivity index (χ0) is 27.1. The number of likely N-dealkylation sites (N-methyl/N-ethyl adjacent to an activating group) is 1. The Balaban J connectivity index is -0.00000106. The SMILES string of the molecule is CC.CC.CC(N)=O.CNCC(=O)NC(C)C(=O)NCC(=O)Nc1ccc(COC(C)=O)cc1. The molecule has 1 atom stereocenters. The molecule has 0 spiro atoms. The molecule has 0 aromatic heterocycles. The molecule has 6 N–H and O–H groups in total. The Kier molecular flexibility index (Phi) is 23.5. The maximum atomic E-state index is 11.9. The Morgan fingerprint density at radius 3 is 1.85 bits per heavy atom. The lowest BCUT2D eigenvalue weighted by Gasteiger charge is -2.14. The van der Waals surface area contributed by atoms with Gasteiger partial charge in [0.2, 0.25) is 23.6 Å². The van der Waals surface area contributed by atoms with Crippen molar-refractivity contribution in [2.45, 2.75) is 61.1 Å². The number of nitrogens with two attached hydrogens (primary N) is 1. The van der Waals surface area contributed by atoms with E-state index in [1.807, 2.05) is 27.7 Å². The van der Waals surface area contributed by atoms with Crippen LogP contribution in [0.3, 0.4) is 0 Å². The van der Waals surface area contributed by atoms with Crippen LogP contribution in [0.5, 0.6) is 0 Å². The second-order valence-corrected chi connectivity index (χ2v) is 6.17. The molecule has 4 amide bonds. The number of carbonyl (C=O) groups excluding carboxylic acids is 5. The van der Waals surface area contributed by atoms with Gasteiger partial charge in [0.1, 0.15) is 12.6 Å². The van der Waals surface area contributed by atoms with Crippen molar-refractivity contribution in [3.05, 3.63) is 29.8 Å². The smallest absolute Gasteiger partial charge is 0.302 e. The summed E-state index contributed by atoms with van der Waals surface area (Å²) in [7, 11) is 1.62. The van der Waals surface area contributed by atoms with E-state index in [1.165, 1.54) is 20.8 Å². The van der Waals surface area contributed by atoms with Gasteiger partial charge in [0.25, 0.3) is 0 Å². The Morgan fingerprint density at radius 1 is 0.912 bits per heavy atom. The molecule has 34 heavy (non-hydrogen) atoms. The Morgan fingerprint density at radius 2 is 1.41 bits per heavy atom. The predicted molar refractivity (Wildman–Crippen MR) is 133 cm³/mol. The summed E-state index contributed by atoms with van der Waals surface area (Å²) in [6, 6.07) is 6.02. The largest absolute Gasteiger partial charge is 0.461 e. The number of amides is 4. The van der Waals surface area contributed by atoms with E-state index in [1.54, 1.807) is 31.3 Å². The summed E-state index contributed by atoms with van der Waals surface area (Å²) < 4.78 is 4.87. The monoisotopic (exact) mass is 483 g/mol. The topological polar surface area (TPSA) is 169 Å².